The van der Waals surface area contributed by atoms with Crippen LogP contribution in [0, 0.1) is 0 Å². The number of fused-ring (bicyclic) bond motifs is 1. The van der Waals surface area contributed by atoms with Crippen LogP contribution in [0.5, 0.6) is 5.88 Å². The maximum atomic E-state index is 12.7. The fourth-order valence-electron chi connectivity index (χ4n) is 4.83. The van der Waals surface area contributed by atoms with Crippen molar-refractivity contribution in [3.8, 4) is 5.88 Å². The standard InChI is InChI=1S/C26H29N7O4/c1-28-21-14-19(27-16-18-23(34)30(3)26(37)31(4)24(18)35)20(15-22(21)29(2)25(28)36)33-12-10-32(11-13-33)17-8-6-5-7-9-17/h5-9,14-16,34H,10-13H2,1-4H3. The van der Waals surface area contributed by atoms with E-state index in [1.807, 2.05) is 30.3 Å². The number of hydrogen-bond donors (Lipinski definition) is 1. The largest absolute Gasteiger partial charge is 0.494 e. The van der Waals surface area contributed by atoms with Crippen molar-refractivity contribution >= 4 is 34.3 Å². The minimum absolute atomic E-state index is 0.0912. The van der Waals surface area contributed by atoms with E-state index >= 15 is 0 Å². The van der Waals surface area contributed by atoms with Gasteiger partial charge in [-0.1, -0.05) is 18.2 Å². The Morgan fingerprint density at radius 2 is 1.32 bits per heavy atom. The number of aromatic hydroxyl groups is 1. The van der Waals surface area contributed by atoms with E-state index in [4.69, 9.17) is 0 Å². The van der Waals surface area contributed by atoms with Crippen molar-refractivity contribution in [1.82, 2.24) is 18.3 Å². The molecule has 11 nitrogen and oxygen atoms in total. The van der Waals surface area contributed by atoms with Crippen LogP contribution in [-0.2, 0) is 28.2 Å². The van der Waals surface area contributed by atoms with Crippen LogP contribution >= 0.6 is 0 Å². The van der Waals surface area contributed by atoms with Gasteiger partial charge < -0.3 is 14.9 Å². The van der Waals surface area contributed by atoms with Gasteiger partial charge >= 0.3 is 11.4 Å². The number of aromatic nitrogens is 4. The Morgan fingerprint density at radius 1 is 0.757 bits per heavy atom. The van der Waals surface area contributed by atoms with Crippen molar-refractivity contribution in [1.29, 1.82) is 0 Å². The number of piperazine rings is 1. The summed E-state index contributed by atoms with van der Waals surface area (Å²) in [4.78, 5) is 46.6. The summed E-state index contributed by atoms with van der Waals surface area (Å²) in [6.45, 7) is 3.08. The molecule has 4 aromatic rings. The van der Waals surface area contributed by atoms with Gasteiger partial charge in [0, 0.05) is 66.3 Å². The van der Waals surface area contributed by atoms with Crippen molar-refractivity contribution in [3.63, 3.8) is 0 Å². The minimum atomic E-state index is -0.643. The van der Waals surface area contributed by atoms with Crippen molar-refractivity contribution in [2.24, 2.45) is 33.2 Å². The second-order valence-electron chi connectivity index (χ2n) is 9.24. The van der Waals surface area contributed by atoms with E-state index < -0.39 is 17.1 Å². The van der Waals surface area contributed by atoms with Crippen LogP contribution in [-0.4, -0.2) is 55.8 Å². The zero-order chi connectivity index (χ0) is 26.4. The molecule has 1 saturated heterocycles. The Hall–Kier alpha value is -4.54. The molecule has 0 unspecified atom stereocenters. The predicted molar refractivity (Wildman–Crippen MR) is 145 cm³/mol. The molecular formula is C26H29N7O4. The molecule has 2 aromatic carbocycles. The summed E-state index contributed by atoms with van der Waals surface area (Å²) in [6.07, 6.45) is 1.28. The average Bonchev–Trinajstić information content (AvgIpc) is 3.14. The number of nitrogens with zero attached hydrogens (tertiary/aromatic N) is 7. The highest BCUT2D eigenvalue weighted by atomic mass is 16.3. The fourth-order valence-corrected chi connectivity index (χ4v) is 4.83. The Balaban J connectivity index is 1.58. The molecule has 1 fully saturated rings. The second kappa shape index (κ2) is 9.16. The van der Waals surface area contributed by atoms with E-state index in [9.17, 15) is 19.5 Å². The topological polar surface area (TPSA) is 110 Å². The summed E-state index contributed by atoms with van der Waals surface area (Å²) >= 11 is 0. The second-order valence-corrected chi connectivity index (χ2v) is 9.24. The molecule has 0 aliphatic carbocycles. The molecule has 1 aliphatic heterocycles. The lowest BCUT2D eigenvalue weighted by molar-refractivity contribution is 0.410. The Bertz CT molecular complexity index is 1700. The summed E-state index contributed by atoms with van der Waals surface area (Å²) in [5.41, 5.74) is 2.50. The molecule has 0 spiro atoms. The number of aliphatic imine (C=N–C) groups is 1. The molecule has 11 heteroatoms. The number of benzene rings is 2. The van der Waals surface area contributed by atoms with Crippen LogP contribution in [0.15, 0.2) is 61.8 Å². The van der Waals surface area contributed by atoms with Gasteiger partial charge in [0.15, 0.2) is 0 Å². The Morgan fingerprint density at radius 3 is 1.97 bits per heavy atom. The van der Waals surface area contributed by atoms with E-state index in [2.05, 4.69) is 26.9 Å². The van der Waals surface area contributed by atoms with Crippen molar-refractivity contribution < 1.29 is 5.11 Å². The molecule has 192 valence electrons. The molecule has 3 heterocycles. The van der Waals surface area contributed by atoms with Gasteiger partial charge in [-0.25, -0.2) is 9.59 Å². The lowest BCUT2D eigenvalue weighted by Gasteiger charge is -2.37. The first kappa shape index (κ1) is 24.2. The van der Waals surface area contributed by atoms with Gasteiger partial charge in [0.2, 0.25) is 5.88 Å². The number of aryl methyl sites for hydroxylation is 2. The SMILES string of the molecule is Cn1c(O)c(C=Nc2cc3c(cc2N2CCN(c4ccccc4)CC2)n(C)c(=O)n3C)c(=O)n(C)c1=O. The molecule has 0 saturated carbocycles. The molecule has 0 atom stereocenters. The molecule has 5 rings (SSSR count). The first-order valence-corrected chi connectivity index (χ1v) is 12.0. The third kappa shape index (κ3) is 4.02. The monoisotopic (exact) mass is 503 g/mol. The molecule has 0 bridgehead atoms. The van der Waals surface area contributed by atoms with E-state index in [1.54, 1.807) is 23.2 Å². The van der Waals surface area contributed by atoms with E-state index in [1.165, 1.54) is 26.0 Å². The first-order chi connectivity index (χ1) is 17.7. The van der Waals surface area contributed by atoms with Crippen LogP contribution in [0.1, 0.15) is 5.56 Å². The molecular weight excluding hydrogens is 474 g/mol. The smallest absolute Gasteiger partial charge is 0.333 e. The molecule has 1 N–H and O–H groups in total. The van der Waals surface area contributed by atoms with Crippen LogP contribution < -0.4 is 26.7 Å². The van der Waals surface area contributed by atoms with E-state index in [0.29, 0.717) is 11.2 Å². The quantitative estimate of drug-likeness (QED) is 0.417. The molecule has 0 radical (unpaired) electrons. The van der Waals surface area contributed by atoms with Gasteiger partial charge in [-0.15, -0.1) is 0 Å². The maximum Gasteiger partial charge on any atom is 0.333 e. The van der Waals surface area contributed by atoms with Crippen LogP contribution in [0.25, 0.3) is 11.0 Å². The summed E-state index contributed by atoms with van der Waals surface area (Å²) in [7, 11) is 6.17. The zero-order valence-corrected chi connectivity index (χ0v) is 21.2. The lowest BCUT2D eigenvalue weighted by atomic mass is 10.1. The predicted octanol–water partition coefficient (Wildman–Crippen LogP) is 1.06. The number of para-hydroxylation sites is 1. The van der Waals surface area contributed by atoms with Crippen LogP contribution in [0.2, 0.25) is 0 Å². The fraction of sp³-hybridized carbons (Fsp3) is 0.308. The number of imidazole rings is 1. The van der Waals surface area contributed by atoms with E-state index in [0.717, 1.165) is 46.5 Å². The highest BCUT2D eigenvalue weighted by Gasteiger charge is 2.22. The Kier molecular flexibility index (Phi) is 5.98. The normalized spacial score (nSPS) is 14.3. The van der Waals surface area contributed by atoms with Crippen LogP contribution in [0.4, 0.5) is 17.1 Å². The molecule has 2 aromatic heterocycles. The van der Waals surface area contributed by atoms with Gasteiger partial charge in [0.1, 0.15) is 5.56 Å². The summed E-state index contributed by atoms with van der Waals surface area (Å²) in [6, 6.07) is 14.0. The average molecular weight is 504 g/mol. The van der Waals surface area contributed by atoms with E-state index in [-0.39, 0.29) is 11.3 Å². The van der Waals surface area contributed by atoms with Crippen molar-refractivity contribution in [3.05, 3.63) is 79.4 Å². The number of rotatable bonds is 4. The van der Waals surface area contributed by atoms with Crippen molar-refractivity contribution in [2.45, 2.75) is 0 Å². The van der Waals surface area contributed by atoms with Gasteiger partial charge in [0.25, 0.3) is 5.56 Å². The van der Waals surface area contributed by atoms with Gasteiger partial charge in [-0.05, 0) is 24.3 Å². The van der Waals surface area contributed by atoms with Crippen LogP contribution in [0.3, 0.4) is 0 Å². The molecule has 1 aliphatic rings. The van der Waals surface area contributed by atoms with Crippen molar-refractivity contribution in [2.75, 3.05) is 36.0 Å². The number of anilines is 2. The highest BCUT2D eigenvalue weighted by molar-refractivity contribution is 5.92. The lowest BCUT2D eigenvalue weighted by Crippen LogP contribution is -2.46. The highest BCUT2D eigenvalue weighted by Crippen LogP contribution is 2.34. The summed E-state index contributed by atoms with van der Waals surface area (Å²) in [5, 5.41) is 10.5. The zero-order valence-electron chi connectivity index (χ0n) is 21.2. The maximum absolute atomic E-state index is 12.7. The van der Waals surface area contributed by atoms with Gasteiger partial charge in [-0.2, -0.15) is 0 Å². The summed E-state index contributed by atoms with van der Waals surface area (Å²) in [5.74, 6) is -0.455. The first-order valence-electron chi connectivity index (χ1n) is 12.0. The van der Waals surface area contributed by atoms with Gasteiger partial charge in [0.05, 0.1) is 22.4 Å². The summed E-state index contributed by atoms with van der Waals surface area (Å²) < 4.78 is 5.07. The third-order valence-corrected chi connectivity index (χ3v) is 7.11. The number of hydrogen-bond acceptors (Lipinski definition) is 7. The third-order valence-electron chi connectivity index (χ3n) is 7.11. The Labute approximate surface area is 212 Å². The minimum Gasteiger partial charge on any atom is -0.494 e. The van der Waals surface area contributed by atoms with Gasteiger partial charge in [-0.3, -0.25) is 28.1 Å². The molecule has 37 heavy (non-hydrogen) atoms. The molecule has 0 amide bonds.